The van der Waals surface area contributed by atoms with Gasteiger partial charge in [0.25, 0.3) is 0 Å². The van der Waals surface area contributed by atoms with Crippen molar-refractivity contribution >= 4 is 47.4 Å². The van der Waals surface area contributed by atoms with Crippen molar-refractivity contribution in [1.29, 1.82) is 0 Å². The lowest BCUT2D eigenvalue weighted by Gasteiger charge is -2.09. The fourth-order valence-electron chi connectivity index (χ4n) is 6.68. The average Bonchev–Trinajstić information content (AvgIpc) is 3.49. The van der Waals surface area contributed by atoms with Crippen molar-refractivity contribution in [3.8, 4) is 45.3 Å². The summed E-state index contributed by atoms with van der Waals surface area (Å²) in [6, 6.07) is 41.5. The van der Waals surface area contributed by atoms with Gasteiger partial charge in [-0.05, 0) is 119 Å². The van der Waals surface area contributed by atoms with Crippen LogP contribution in [0.1, 0.15) is 47.9 Å². The summed E-state index contributed by atoms with van der Waals surface area (Å²) in [5, 5.41) is 0. The average molecular weight is 1110 g/mol. The molecule has 0 aromatic heterocycles. The summed E-state index contributed by atoms with van der Waals surface area (Å²) in [6.45, 7) is 7.13. The molecular weight excluding hydrogens is 1040 g/mol. The first-order chi connectivity index (χ1) is 38.5. The fourth-order valence-corrected chi connectivity index (χ4v) is 6.83. The fraction of sp³-hybridized carbons (Fsp3) is 0.267. The molecule has 0 amide bonds. The molecule has 0 fully saturated rings. The number of hydrogen-bond donors (Lipinski definition) is 0. The van der Waals surface area contributed by atoms with E-state index in [1.54, 1.807) is 97.1 Å². The number of halogens is 1. The first-order valence-electron chi connectivity index (χ1n) is 24.8. The van der Waals surface area contributed by atoms with Crippen molar-refractivity contribution in [3.63, 3.8) is 0 Å². The van der Waals surface area contributed by atoms with Crippen LogP contribution < -0.4 is 18.9 Å². The molecule has 6 rings (SSSR count). The zero-order valence-corrected chi connectivity index (χ0v) is 44.5. The molecule has 0 unspecified atom stereocenters. The molecule has 79 heavy (non-hydrogen) atoms. The quantitative estimate of drug-likeness (QED) is 0.00990. The van der Waals surface area contributed by atoms with Crippen LogP contribution in [0.25, 0.3) is 22.3 Å². The molecule has 18 nitrogen and oxygen atoms in total. The Morgan fingerprint density at radius 1 is 0.380 bits per heavy atom. The van der Waals surface area contributed by atoms with Gasteiger partial charge < -0.3 is 56.8 Å². The number of methoxy groups -OCH3 is 2. The third-order valence-corrected chi connectivity index (χ3v) is 10.9. The number of ether oxygens (including phenoxy) is 12. The van der Waals surface area contributed by atoms with Crippen LogP contribution in [-0.2, 0) is 47.5 Å². The van der Waals surface area contributed by atoms with Gasteiger partial charge in [-0.15, -0.1) is 11.6 Å². The van der Waals surface area contributed by atoms with E-state index in [4.69, 9.17) is 68.4 Å². The minimum absolute atomic E-state index is 0.166. The summed E-state index contributed by atoms with van der Waals surface area (Å²) < 4.78 is 62.8. The largest absolute Gasteiger partial charge is 0.491 e. The Morgan fingerprint density at radius 2 is 0.671 bits per heavy atom. The maximum atomic E-state index is 12.5. The van der Waals surface area contributed by atoms with Crippen LogP contribution in [0.3, 0.4) is 0 Å². The number of rotatable bonds is 31. The molecular formula is C60H61ClO18. The minimum Gasteiger partial charge on any atom is -0.491 e. The smallest absolute Gasteiger partial charge is 0.343 e. The predicted octanol–water partition coefficient (Wildman–Crippen LogP) is 9.44. The van der Waals surface area contributed by atoms with E-state index in [1.807, 2.05) is 48.5 Å². The van der Waals surface area contributed by atoms with Gasteiger partial charge in [0.05, 0.1) is 95.7 Å². The number of carbonyl (C=O) groups excluding carboxylic acids is 6. The van der Waals surface area contributed by atoms with Crippen molar-refractivity contribution in [2.75, 3.05) is 99.4 Å². The summed E-state index contributed by atoms with van der Waals surface area (Å²) in [4.78, 5) is 70.2. The van der Waals surface area contributed by atoms with E-state index in [9.17, 15) is 28.8 Å². The van der Waals surface area contributed by atoms with E-state index in [1.165, 1.54) is 14.2 Å². The lowest BCUT2D eigenvalue weighted by atomic mass is 10.0. The molecule has 6 aromatic rings. The number of benzene rings is 6. The van der Waals surface area contributed by atoms with Gasteiger partial charge >= 0.3 is 35.8 Å². The van der Waals surface area contributed by atoms with Crippen LogP contribution in [0.5, 0.6) is 23.0 Å². The Hall–Kier alpha value is -8.39. The standard InChI is InChI=1S/C30H31ClO9.C30H30O9/c1-35-29(33)24-4-2-22(3-5-24)23-6-12-27(13-7-23)40-30(34)25-8-10-26(11-9-25)38-20-18-36-16-17-37-19-21-39-28(32)14-15-31;1-3-28(31)38-21-19-36-17-16-35-18-20-37-26-12-10-25(11-13-26)30(33)39-27-14-8-23(9-15-27)22-4-6-24(7-5-22)29(32)34-2/h2-13H,14-21H2,1H3;3-15H,1,16-21H2,2H3. The number of alkyl halides is 1. The van der Waals surface area contributed by atoms with Crippen molar-refractivity contribution in [2.45, 2.75) is 6.42 Å². The number of hydrogen-bond acceptors (Lipinski definition) is 18. The summed E-state index contributed by atoms with van der Waals surface area (Å²) in [5.41, 5.74) is 5.37. The highest BCUT2D eigenvalue weighted by Gasteiger charge is 2.13. The van der Waals surface area contributed by atoms with Crippen molar-refractivity contribution in [1.82, 2.24) is 0 Å². The van der Waals surface area contributed by atoms with Crippen LogP contribution >= 0.6 is 11.6 Å². The van der Waals surface area contributed by atoms with Crippen molar-refractivity contribution in [3.05, 3.63) is 181 Å². The molecule has 0 bridgehead atoms. The monoisotopic (exact) mass is 1100 g/mol. The van der Waals surface area contributed by atoms with E-state index in [2.05, 4.69) is 6.58 Å². The maximum Gasteiger partial charge on any atom is 0.343 e. The highest BCUT2D eigenvalue weighted by molar-refractivity contribution is 6.18. The molecule has 0 atom stereocenters. The minimum atomic E-state index is -0.487. The highest BCUT2D eigenvalue weighted by Crippen LogP contribution is 2.26. The maximum absolute atomic E-state index is 12.5. The van der Waals surface area contributed by atoms with Gasteiger partial charge in [-0.3, -0.25) is 4.79 Å². The van der Waals surface area contributed by atoms with Crippen LogP contribution in [-0.4, -0.2) is 135 Å². The normalized spacial score (nSPS) is 10.5. The lowest BCUT2D eigenvalue weighted by Crippen LogP contribution is -2.14. The molecule has 0 aliphatic rings. The molecule has 0 spiro atoms. The third-order valence-electron chi connectivity index (χ3n) is 10.8. The lowest BCUT2D eigenvalue weighted by molar-refractivity contribution is -0.145. The molecule has 19 heteroatoms. The zero-order valence-electron chi connectivity index (χ0n) is 43.8. The van der Waals surface area contributed by atoms with Crippen molar-refractivity contribution < 1.29 is 85.6 Å². The van der Waals surface area contributed by atoms with E-state index < -0.39 is 29.8 Å². The molecule has 0 N–H and O–H groups in total. The van der Waals surface area contributed by atoms with Crippen molar-refractivity contribution in [2.24, 2.45) is 0 Å². The Bertz CT molecular complexity index is 2820. The summed E-state index contributed by atoms with van der Waals surface area (Å²) in [6.07, 6.45) is 1.28. The number of esters is 6. The SMILES string of the molecule is C=CC(=O)OCCOCCOCCOc1ccc(C(=O)Oc2ccc(-c3ccc(C(=O)OC)cc3)cc2)cc1.COC(=O)c1ccc(-c2ccc(OC(=O)c3ccc(OCCOCCOCCOC(=O)CCCl)cc3)cc2)cc1. The molecule has 0 aliphatic heterocycles. The Labute approximate surface area is 462 Å². The van der Waals surface area contributed by atoms with Crippen LogP contribution in [0.4, 0.5) is 0 Å². The second-order valence-corrected chi connectivity index (χ2v) is 16.6. The summed E-state index contributed by atoms with van der Waals surface area (Å²) >= 11 is 5.45. The molecule has 0 saturated carbocycles. The zero-order chi connectivity index (χ0) is 56.5. The van der Waals surface area contributed by atoms with Gasteiger partial charge in [-0.25, -0.2) is 24.0 Å². The van der Waals surface area contributed by atoms with Crippen LogP contribution in [0.2, 0.25) is 0 Å². The van der Waals surface area contributed by atoms with Gasteiger partial charge in [0.1, 0.15) is 49.4 Å². The first-order valence-corrected chi connectivity index (χ1v) is 25.3. The van der Waals surface area contributed by atoms with Gasteiger partial charge in [0, 0.05) is 12.0 Å². The number of carbonyl (C=O) groups is 6. The van der Waals surface area contributed by atoms with Gasteiger partial charge in [0.15, 0.2) is 0 Å². The summed E-state index contributed by atoms with van der Waals surface area (Å²) in [5.74, 6) is -0.328. The van der Waals surface area contributed by atoms with E-state index in [0.717, 1.165) is 28.3 Å². The molecule has 6 aromatic carbocycles. The third kappa shape index (κ3) is 22.6. The molecule has 0 heterocycles. The van der Waals surface area contributed by atoms with Gasteiger partial charge in [0.2, 0.25) is 0 Å². The first kappa shape index (κ1) is 61.5. The second kappa shape index (κ2) is 35.1. The van der Waals surface area contributed by atoms with E-state index in [0.29, 0.717) is 105 Å². The van der Waals surface area contributed by atoms with Crippen LogP contribution in [0, 0.1) is 0 Å². The molecule has 0 aliphatic carbocycles. The van der Waals surface area contributed by atoms with Gasteiger partial charge in [-0.2, -0.15) is 0 Å². The van der Waals surface area contributed by atoms with Gasteiger partial charge in [-0.1, -0.05) is 55.1 Å². The Balaban J connectivity index is 0.000000291. The van der Waals surface area contributed by atoms with Crippen LogP contribution in [0.15, 0.2) is 158 Å². The second-order valence-electron chi connectivity index (χ2n) is 16.2. The predicted molar refractivity (Wildman–Crippen MR) is 291 cm³/mol. The summed E-state index contributed by atoms with van der Waals surface area (Å²) in [7, 11) is 2.68. The highest BCUT2D eigenvalue weighted by atomic mass is 35.5. The Kier molecular flexibility index (Phi) is 27.3. The molecule has 0 radical (unpaired) electrons. The Morgan fingerprint density at radius 3 is 1.01 bits per heavy atom. The molecule has 416 valence electrons. The van der Waals surface area contributed by atoms with E-state index >= 15 is 0 Å². The van der Waals surface area contributed by atoms with E-state index in [-0.39, 0.29) is 38.1 Å². The topological polar surface area (TPSA) is 213 Å². The molecule has 0 saturated heterocycles.